The van der Waals surface area contributed by atoms with E-state index in [1.807, 2.05) is 12.4 Å². The van der Waals surface area contributed by atoms with Crippen molar-refractivity contribution < 1.29 is 0 Å². The molecule has 0 saturated heterocycles. The van der Waals surface area contributed by atoms with Crippen LogP contribution in [0.25, 0.3) is 0 Å². The van der Waals surface area contributed by atoms with Gasteiger partial charge in [-0.3, -0.25) is 4.98 Å². The monoisotopic (exact) mass is 296 g/mol. The highest BCUT2D eigenvalue weighted by Gasteiger charge is 2.22. The van der Waals surface area contributed by atoms with Gasteiger partial charge in [0.25, 0.3) is 0 Å². The van der Waals surface area contributed by atoms with Gasteiger partial charge in [0.2, 0.25) is 0 Å². The van der Waals surface area contributed by atoms with Crippen LogP contribution in [0.4, 0.5) is 0 Å². The first-order chi connectivity index (χ1) is 8.29. The Bertz CT molecular complexity index is 348. The Morgan fingerprint density at radius 3 is 2.76 bits per heavy atom. The minimum absolute atomic E-state index is 0.603. The van der Waals surface area contributed by atoms with Crippen LogP contribution in [0.2, 0.25) is 0 Å². The lowest BCUT2D eigenvalue weighted by molar-refractivity contribution is 0.276. The quantitative estimate of drug-likeness (QED) is 0.919. The van der Waals surface area contributed by atoms with E-state index in [2.05, 4.69) is 39.3 Å². The molecular formula is C14H21BrN2. The Balaban J connectivity index is 1.98. The molecule has 2 rings (SSSR count). The van der Waals surface area contributed by atoms with Crippen LogP contribution >= 0.6 is 15.9 Å². The van der Waals surface area contributed by atoms with Crippen LogP contribution in [0.5, 0.6) is 0 Å². The van der Waals surface area contributed by atoms with Crippen molar-refractivity contribution in [2.45, 2.75) is 44.6 Å². The third kappa shape index (κ3) is 3.78. The van der Waals surface area contributed by atoms with Gasteiger partial charge in [-0.2, -0.15) is 0 Å². The summed E-state index contributed by atoms with van der Waals surface area (Å²) in [5, 5.41) is 3.50. The molecule has 0 amide bonds. The Morgan fingerprint density at radius 1 is 1.35 bits per heavy atom. The van der Waals surface area contributed by atoms with Gasteiger partial charge in [-0.1, -0.05) is 19.3 Å². The molecule has 1 saturated carbocycles. The highest BCUT2D eigenvalue weighted by atomic mass is 79.9. The first kappa shape index (κ1) is 13.0. The summed E-state index contributed by atoms with van der Waals surface area (Å²) in [6, 6.07) is 2.78. The topological polar surface area (TPSA) is 24.9 Å². The lowest BCUT2D eigenvalue weighted by atomic mass is 9.82. The Hall–Kier alpha value is -0.410. The fourth-order valence-corrected chi connectivity index (χ4v) is 3.27. The second-order valence-corrected chi connectivity index (χ2v) is 5.92. The fourth-order valence-electron chi connectivity index (χ4n) is 2.86. The summed E-state index contributed by atoms with van der Waals surface area (Å²) in [4.78, 5) is 4.24. The Labute approximate surface area is 112 Å². The number of aromatic nitrogens is 1. The van der Waals surface area contributed by atoms with Crippen LogP contribution in [-0.4, -0.2) is 18.1 Å². The largest absolute Gasteiger partial charge is 0.316 e. The maximum atomic E-state index is 4.24. The SMILES string of the molecule is CNC(Cc1cncc(Br)c1)C1CCCCC1. The minimum atomic E-state index is 0.603. The second-order valence-electron chi connectivity index (χ2n) is 5.01. The Morgan fingerprint density at radius 2 is 2.12 bits per heavy atom. The minimum Gasteiger partial charge on any atom is -0.316 e. The summed E-state index contributed by atoms with van der Waals surface area (Å²) in [7, 11) is 2.09. The van der Waals surface area contributed by atoms with E-state index in [0.717, 1.165) is 16.8 Å². The Kier molecular flexibility index (Phi) is 4.99. The van der Waals surface area contributed by atoms with E-state index in [0.29, 0.717) is 6.04 Å². The molecule has 0 spiro atoms. The van der Waals surface area contributed by atoms with Crippen LogP contribution in [0.1, 0.15) is 37.7 Å². The molecule has 0 bridgehead atoms. The molecule has 1 unspecified atom stereocenters. The lowest BCUT2D eigenvalue weighted by Gasteiger charge is -2.30. The molecule has 94 valence electrons. The van der Waals surface area contributed by atoms with Gasteiger partial charge in [0.1, 0.15) is 0 Å². The van der Waals surface area contributed by atoms with Gasteiger partial charge in [0.15, 0.2) is 0 Å². The maximum absolute atomic E-state index is 4.24. The predicted octanol–water partition coefficient (Wildman–Crippen LogP) is 3.55. The van der Waals surface area contributed by atoms with Crippen molar-refractivity contribution in [2.75, 3.05) is 7.05 Å². The van der Waals surface area contributed by atoms with Crippen molar-refractivity contribution in [1.29, 1.82) is 0 Å². The highest BCUT2D eigenvalue weighted by molar-refractivity contribution is 9.10. The van der Waals surface area contributed by atoms with Crippen LogP contribution in [-0.2, 0) is 6.42 Å². The van der Waals surface area contributed by atoms with Crippen LogP contribution in [0.15, 0.2) is 22.9 Å². The number of halogens is 1. The summed E-state index contributed by atoms with van der Waals surface area (Å²) in [5.41, 5.74) is 1.32. The predicted molar refractivity (Wildman–Crippen MR) is 75.1 cm³/mol. The average Bonchev–Trinajstić information content (AvgIpc) is 2.37. The van der Waals surface area contributed by atoms with E-state index in [9.17, 15) is 0 Å². The van der Waals surface area contributed by atoms with Gasteiger partial charge in [-0.15, -0.1) is 0 Å². The summed E-state index contributed by atoms with van der Waals surface area (Å²) in [6.45, 7) is 0. The van der Waals surface area contributed by atoms with E-state index < -0.39 is 0 Å². The standard InChI is InChI=1S/C14H21BrN2/c1-16-14(12-5-3-2-4-6-12)8-11-7-13(15)10-17-9-11/h7,9-10,12,14,16H,2-6,8H2,1H3. The zero-order valence-corrected chi connectivity index (χ0v) is 12.0. The number of hydrogen-bond donors (Lipinski definition) is 1. The number of nitrogens with zero attached hydrogens (tertiary/aromatic N) is 1. The van der Waals surface area contributed by atoms with Crippen molar-refractivity contribution in [3.05, 3.63) is 28.5 Å². The number of likely N-dealkylation sites (N-methyl/N-ethyl adjacent to an activating group) is 1. The lowest BCUT2D eigenvalue weighted by Crippen LogP contribution is -2.36. The maximum Gasteiger partial charge on any atom is 0.0410 e. The molecule has 0 aromatic carbocycles. The van der Waals surface area contributed by atoms with Gasteiger partial charge in [-0.05, 0) is 59.8 Å². The molecule has 1 N–H and O–H groups in total. The summed E-state index contributed by atoms with van der Waals surface area (Å²) in [5.74, 6) is 0.840. The number of hydrogen-bond acceptors (Lipinski definition) is 2. The van der Waals surface area contributed by atoms with Crippen LogP contribution in [0.3, 0.4) is 0 Å². The van der Waals surface area contributed by atoms with Gasteiger partial charge in [-0.25, -0.2) is 0 Å². The van der Waals surface area contributed by atoms with E-state index in [-0.39, 0.29) is 0 Å². The van der Waals surface area contributed by atoms with Crippen molar-refractivity contribution in [3.63, 3.8) is 0 Å². The fraction of sp³-hybridized carbons (Fsp3) is 0.643. The third-order valence-electron chi connectivity index (χ3n) is 3.81. The molecule has 3 heteroatoms. The smallest absolute Gasteiger partial charge is 0.0410 e. The first-order valence-electron chi connectivity index (χ1n) is 6.56. The molecule has 0 radical (unpaired) electrons. The van der Waals surface area contributed by atoms with E-state index in [4.69, 9.17) is 0 Å². The molecule has 17 heavy (non-hydrogen) atoms. The molecular weight excluding hydrogens is 276 g/mol. The van der Waals surface area contributed by atoms with Gasteiger partial charge in [0.05, 0.1) is 0 Å². The zero-order valence-electron chi connectivity index (χ0n) is 10.5. The molecule has 1 heterocycles. The third-order valence-corrected chi connectivity index (χ3v) is 4.24. The van der Waals surface area contributed by atoms with Crippen LogP contribution in [0, 0.1) is 5.92 Å². The molecule has 1 aromatic heterocycles. The van der Waals surface area contributed by atoms with E-state index >= 15 is 0 Å². The molecule has 2 nitrogen and oxygen atoms in total. The van der Waals surface area contributed by atoms with Gasteiger partial charge < -0.3 is 5.32 Å². The van der Waals surface area contributed by atoms with Crippen molar-refractivity contribution >= 4 is 15.9 Å². The molecule has 1 aliphatic rings. The number of rotatable bonds is 4. The number of nitrogens with one attached hydrogen (secondary N) is 1. The number of pyridine rings is 1. The normalized spacial score (nSPS) is 19.2. The second kappa shape index (κ2) is 6.50. The summed E-state index contributed by atoms with van der Waals surface area (Å²) in [6.07, 6.45) is 11.9. The first-order valence-corrected chi connectivity index (χ1v) is 7.35. The van der Waals surface area contributed by atoms with E-state index in [1.54, 1.807) is 0 Å². The molecule has 1 atom stereocenters. The summed E-state index contributed by atoms with van der Waals surface area (Å²) < 4.78 is 1.08. The van der Waals surface area contributed by atoms with Crippen molar-refractivity contribution in [1.82, 2.24) is 10.3 Å². The molecule has 0 aliphatic heterocycles. The summed E-state index contributed by atoms with van der Waals surface area (Å²) >= 11 is 3.49. The average molecular weight is 297 g/mol. The molecule has 1 aliphatic carbocycles. The molecule has 1 aromatic rings. The van der Waals surface area contributed by atoms with Crippen molar-refractivity contribution in [2.24, 2.45) is 5.92 Å². The van der Waals surface area contributed by atoms with E-state index in [1.165, 1.54) is 37.7 Å². The van der Waals surface area contributed by atoms with Gasteiger partial charge in [0, 0.05) is 22.9 Å². The van der Waals surface area contributed by atoms with Crippen LogP contribution < -0.4 is 5.32 Å². The van der Waals surface area contributed by atoms with Crippen molar-refractivity contribution in [3.8, 4) is 0 Å². The van der Waals surface area contributed by atoms with Gasteiger partial charge >= 0.3 is 0 Å². The molecule has 1 fully saturated rings. The zero-order chi connectivity index (χ0) is 12.1. The highest BCUT2D eigenvalue weighted by Crippen LogP contribution is 2.28.